The van der Waals surface area contributed by atoms with Crippen LogP contribution in [0, 0.1) is 0 Å². The summed E-state index contributed by atoms with van der Waals surface area (Å²) in [5, 5.41) is 0. The van der Waals surface area contributed by atoms with Gasteiger partial charge in [-0.25, -0.2) is 4.21 Å². The Labute approximate surface area is 128 Å². The molecule has 12 heteroatoms. The number of alkyl halides is 3. The van der Waals surface area contributed by atoms with E-state index in [-0.39, 0.29) is 0 Å². The van der Waals surface area contributed by atoms with Crippen LogP contribution in [0.4, 0.5) is 13.2 Å². The molecule has 22 heavy (non-hydrogen) atoms. The van der Waals surface area contributed by atoms with Crippen molar-refractivity contribution in [1.82, 2.24) is 4.98 Å². The molecule has 0 aliphatic heterocycles. The second-order valence-corrected chi connectivity index (χ2v) is 5.41. The highest BCUT2D eigenvalue weighted by Gasteiger charge is 2.44. The van der Waals surface area contributed by atoms with E-state index < -0.39 is 27.0 Å². The van der Waals surface area contributed by atoms with Crippen molar-refractivity contribution in [2.45, 2.75) is 31.7 Å². The maximum atomic E-state index is 10.7. The van der Waals surface area contributed by atoms with E-state index in [9.17, 15) is 13.2 Å². The standard InChI is InChI=1S/C9H13N.CHF3O3S.H2O3S/c1-2-3-6-9-7-4-5-8-10-9;2-1(3,4)8(5,6)7;1-4(2)3/h4-5,7-8H,2-3,6H2,1H3;(H,5,6,7);(H2,1,2,3)/p-1. The van der Waals surface area contributed by atoms with E-state index in [0.29, 0.717) is 0 Å². The predicted molar refractivity (Wildman–Crippen MR) is 72.0 cm³/mol. The second kappa shape index (κ2) is 11.5. The second-order valence-electron chi connectivity index (χ2n) is 3.56. The van der Waals surface area contributed by atoms with E-state index in [1.165, 1.54) is 18.5 Å². The molecule has 7 nitrogen and oxygen atoms in total. The molecule has 1 aromatic heterocycles. The number of pyridine rings is 1. The van der Waals surface area contributed by atoms with E-state index >= 15 is 0 Å². The lowest BCUT2D eigenvalue weighted by Crippen LogP contribution is -2.21. The maximum Gasteiger partial charge on any atom is 0.522 e. The largest absolute Gasteiger partial charge is 0.750 e. The highest BCUT2D eigenvalue weighted by Crippen LogP contribution is 2.20. The molecule has 0 aliphatic rings. The van der Waals surface area contributed by atoms with Crippen molar-refractivity contribution >= 4 is 21.5 Å². The molecule has 0 spiro atoms. The Morgan fingerprint density at radius 2 is 1.82 bits per heavy atom. The third-order valence-corrected chi connectivity index (χ3v) is 2.39. The third-order valence-electron chi connectivity index (χ3n) is 1.81. The summed E-state index contributed by atoms with van der Waals surface area (Å²) in [6.45, 7) is 2.20. The number of hydrogen-bond donors (Lipinski definition) is 2. The molecule has 0 aromatic carbocycles. The molecular formula is C10H15F3NO6S2-. The van der Waals surface area contributed by atoms with Gasteiger partial charge < -0.3 is 9.11 Å². The predicted octanol–water partition coefficient (Wildman–Crippen LogP) is 2.16. The summed E-state index contributed by atoms with van der Waals surface area (Å²) in [7, 11) is -5.84. The average Bonchev–Trinajstić information content (AvgIpc) is 2.35. The van der Waals surface area contributed by atoms with Crippen molar-refractivity contribution in [2.75, 3.05) is 0 Å². The van der Waals surface area contributed by atoms with Gasteiger partial charge in [0.15, 0.2) is 0 Å². The van der Waals surface area contributed by atoms with Gasteiger partial charge in [0.05, 0.1) is 11.4 Å². The van der Waals surface area contributed by atoms with Crippen molar-refractivity contribution < 1.29 is 39.5 Å². The number of unbranched alkanes of at least 4 members (excludes halogenated alkanes) is 1. The van der Waals surface area contributed by atoms with E-state index in [0.717, 1.165) is 6.42 Å². The molecular weight excluding hydrogens is 351 g/mol. The minimum atomic E-state index is -5.84. The molecule has 1 atom stereocenters. The number of aryl methyl sites for hydroxylation is 1. The molecule has 1 heterocycles. The van der Waals surface area contributed by atoms with Crippen molar-refractivity contribution in [3.63, 3.8) is 0 Å². The van der Waals surface area contributed by atoms with Gasteiger partial charge >= 0.3 is 15.6 Å². The number of hydrogen-bond acceptors (Lipinski definition) is 5. The Balaban J connectivity index is 0. The fourth-order valence-corrected chi connectivity index (χ4v) is 0.904. The zero-order valence-corrected chi connectivity index (χ0v) is 13.0. The van der Waals surface area contributed by atoms with E-state index in [4.69, 9.17) is 26.3 Å². The molecule has 0 amide bonds. The maximum absolute atomic E-state index is 10.7. The molecule has 0 aliphatic carbocycles. The minimum absolute atomic E-state index is 1.12. The lowest BCUT2D eigenvalue weighted by molar-refractivity contribution is -0.0510. The topological polar surface area (TPSA) is 128 Å². The SMILES string of the molecule is CCCCc1ccccn1.O=S(=O)(O)C(F)(F)F.O=S([O-])O. The minimum Gasteiger partial charge on any atom is -0.750 e. The van der Waals surface area contributed by atoms with Gasteiger partial charge in [0.2, 0.25) is 0 Å². The Morgan fingerprint density at radius 3 is 2.09 bits per heavy atom. The first-order valence-electron chi connectivity index (χ1n) is 5.63. The first kappa shape index (κ1) is 23.2. The summed E-state index contributed by atoms with van der Waals surface area (Å²) < 4.78 is 81.6. The van der Waals surface area contributed by atoms with Crippen LogP contribution >= 0.6 is 0 Å². The van der Waals surface area contributed by atoms with Crippen LogP contribution in [0.2, 0.25) is 0 Å². The fraction of sp³-hybridized carbons (Fsp3) is 0.500. The van der Waals surface area contributed by atoms with Gasteiger partial charge in [-0.3, -0.25) is 9.54 Å². The zero-order chi connectivity index (χ0) is 17.8. The smallest absolute Gasteiger partial charge is 0.522 e. The van der Waals surface area contributed by atoms with Gasteiger partial charge in [-0.1, -0.05) is 19.4 Å². The number of halogens is 3. The molecule has 0 radical (unpaired) electrons. The number of rotatable bonds is 3. The first-order valence-corrected chi connectivity index (χ1v) is 8.11. The van der Waals surface area contributed by atoms with Gasteiger partial charge in [-0.2, -0.15) is 21.6 Å². The molecule has 0 fully saturated rings. The Bertz CT molecular complexity index is 517. The van der Waals surface area contributed by atoms with Crippen LogP contribution in [0.3, 0.4) is 0 Å². The highest BCUT2D eigenvalue weighted by molar-refractivity contribution is 7.86. The Hall–Kier alpha value is -1.08. The van der Waals surface area contributed by atoms with Gasteiger partial charge in [0, 0.05) is 11.9 Å². The van der Waals surface area contributed by atoms with E-state index in [2.05, 4.69) is 18.0 Å². The lowest BCUT2D eigenvalue weighted by Gasteiger charge is -1.97. The summed E-state index contributed by atoms with van der Waals surface area (Å²) in [5.74, 6) is 0. The van der Waals surface area contributed by atoms with Gasteiger partial charge in [-0.05, 0) is 25.0 Å². The number of nitrogens with zero attached hydrogens (tertiary/aromatic N) is 1. The van der Waals surface area contributed by atoms with Crippen molar-refractivity contribution in [3.8, 4) is 0 Å². The molecule has 0 bridgehead atoms. The summed E-state index contributed by atoms with van der Waals surface area (Å²) in [6, 6.07) is 6.07. The summed E-state index contributed by atoms with van der Waals surface area (Å²) in [4.78, 5) is 4.22. The molecule has 0 saturated carbocycles. The fourth-order valence-electron chi connectivity index (χ4n) is 0.904. The Kier molecular flexibility index (Phi) is 12.1. The average molecular weight is 366 g/mol. The zero-order valence-electron chi connectivity index (χ0n) is 11.4. The number of aromatic nitrogens is 1. The van der Waals surface area contributed by atoms with Crippen LogP contribution < -0.4 is 0 Å². The van der Waals surface area contributed by atoms with E-state index in [1.807, 2.05) is 18.3 Å². The molecule has 1 unspecified atom stereocenters. The van der Waals surface area contributed by atoms with Gasteiger partial charge in [0.1, 0.15) is 0 Å². The van der Waals surface area contributed by atoms with Crippen molar-refractivity contribution in [3.05, 3.63) is 30.1 Å². The van der Waals surface area contributed by atoms with Crippen LogP contribution in [-0.2, 0) is 27.9 Å². The quantitative estimate of drug-likeness (QED) is 0.476. The van der Waals surface area contributed by atoms with Crippen LogP contribution in [0.1, 0.15) is 25.5 Å². The summed E-state index contributed by atoms with van der Waals surface area (Å²) >= 11 is -2.86. The lowest BCUT2D eigenvalue weighted by atomic mass is 10.2. The Morgan fingerprint density at radius 1 is 1.36 bits per heavy atom. The van der Waals surface area contributed by atoms with Crippen LogP contribution in [0.25, 0.3) is 0 Å². The van der Waals surface area contributed by atoms with Crippen LogP contribution in [0.15, 0.2) is 24.4 Å². The molecule has 0 saturated heterocycles. The van der Waals surface area contributed by atoms with Crippen molar-refractivity contribution in [1.29, 1.82) is 0 Å². The van der Waals surface area contributed by atoms with Crippen LogP contribution in [-0.4, -0.2) is 36.8 Å². The monoisotopic (exact) mass is 366 g/mol. The third kappa shape index (κ3) is 15.3. The van der Waals surface area contributed by atoms with Gasteiger partial charge in [0.25, 0.3) is 0 Å². The van der Waals surface area contributed by atoms with Crippen LogP contribution in [0.5, 0.6) is 0 Å². The van der Waals surface area contributed by atoms with Crippen molar-refractivity contribution in [2.24, 2.45) is 0 Å². The summed E-state index contributed by atoms with van der Waals surface area (Å²) in [5.41, 5.74) is -4.32. The first-order chi connectivity index (χ1) is 9.91. The molecule has 1 aromatic rings. The highest BCUT2D eigenvalue weighted by atomic mass is 32.2. The van der Waals surface area contributed by atoms with E-state index in [1.54, 1.807) is 0 Å². The summed E-state index contributed by atoms with van der Waals surface area (Å²) in [6.07, 6.45) is 5.47. The normalized spacial score (nSPS) is 12.3. The molecule has 1 rings (SSSR count). The van der Waals surface area contributed by atoms with Gasteiger partial charge in [-0.15, -0.1) is 0 Å². The molecule has 130 valence electrons. The molecule has 2 N–H and O–H groups in total.